The largest absolute Gasteiger partial charge is 0.370 e. The van der Waals surface area contributed by atoms with E-state index in [0.29, 0.717) is 19.7 Å². The molecule has 1 saturated heterocycles. The van der Waals surface area contributed by atoms with E-state index in [-0.39, 0.29) is 17.4 Å². The molecule has 3 rings (SSSR count). The summed E-state index contributed by atoms with van der Waals surface area (Å²) in [6.07, 6.45) is -0.284. The van der Waals surface area contributed by atoms with Crippen molar-refractivity contribution >= 4 is 21.6 Å². The van der Waals surface area contributed by atoms with Crippen LogP contribution in [0.3, 0.4) is 0 Å². The third kappa shape index (κ3) is 3.21. The molecule has 0 saturated carbocycles. The molecule has 0 bridgehead atoms. The molecule has 0 aromatic heterocycles. The van der Waals surface area contributed by atoms with Crippen LogP contribution in [0, 0.1) is 23.0 Å². The molecule has 118 valence electrons. The van der Waals surface area contributed by atoms with Crippen LogP contribution in [0.5, 0.6) is 0 Å². The van der Waals surface area contributed by atoms with Gasteiger partial charge in [0.25, 0.3) is 0 Å². The van der Waals surface area contributed by atoms with Crippen molar-refractivity contribution in [2.75, 3.05) is 24.6 Å². The van der Waals surface area contributed by atoms with Crippen LogP contribution in [0.1, 0.15) is 17.2 Å². The lowest BCUT2D eigenvalue weighted by Gasteiger charge is -2.35. The SMILES string of the molecule is N#Cc1cc(F)c(N2CCOC(c3ccccc3Br)C2)c(F)c1. The summed E-state index contributed by atoms with van der Waals surface area (Å²) in [6.45, 7) is 1.09. The first-order valence-corrected chi connectivity index (χ1v) is 7.89. The number of hydrogen-bond donors (Lipinski definition) is 0. The van der Waals surface area contributed by atoms with Gasteiger partial charge in [-0.1, -0.05) is 34.1 Å². The smallest absolute Gasteiger partial charge is 0.150 e. The maximum Gasteiger partial charge on any atom is 0.150 e. The molecule has 1 aliphatic rings. The van der Waals surface area contributed by atoms with E-state index < -0.39 is 11.6 Å². The van der Waals surface area contributed by atoms with Gasteiger partial charge in [-0.3, -0.25) is 0 Å². The number of rotatable bonds is 2. The standard InChI is InChI=1S/C17H13BrF2N2O/c18-13-4-2-1-3-12(13)16-10-22(5-6-23-16)17-14(19)7-11(9-21)8-15(17)20/h1-4,7-8,16H,5-6,10H2. The molecule has 1 aliphatic heterocycles. The Labute approximate surface area is 141 Å². The highest BCUT2D eigenvalue weighted by atomic mass is 79.9. The number of morpholine rings is 1. The van der Waals surface area contributed by atoms with Gasteiger partial charge in [0.05, 0.1) is 18.2 Å². The summed E-state index contributed by atoms with van der Waals surface area (Å²) in [5.74, 6) is -1.45. The summed E-state index contributed by atoms with van der Waals surface area (Å²) < 4.78 is 35.1. The van der Waals surface area contributed by atoms with Gasteiger partial charge in [-0.05, 0) is 23.8 Å². The van der Waals surface area contributed by atoms with Gasteiger partial charge in [-0.15, -0.1) is 0 Å². The monoisotopic (exact) mass is 378 g/mol. The second-order valence-electron chi connectivity index (χ2n) is 5.23. The van der Waals surface area contributed by atoms with Crippen molar-refractivity contribution in [3.05, 3.63) is 63.6 Å². The predicted octanol–water partition coefficient (Wildman–Crippen LogP) is 4.18. The first-order valence-electron chi connectivity index (χ1n) is 7.10. The quantitative estimate of drug-likeness (QED) is 0.786. The Balaban J connectivity index is 1.91. The van der Waals surface area contributed by atoms with Crippen molar-refractivity contribution in [2.45, 2.75) is 6.10 Å². The third-order valence-corrected chi connectivity index (χ3v) is 4.50. The maximum atomic E-state index is 14.2. The molecule has 2 aromatic carbocycles. The van der Waals surface area contributed by atoms with Crippen molar-refractivity contribution in [2.24, 2.45) is 0 Å². The Morgan fingerprint density at radius 1 is 1.22 bits per heavy atom. The van der Waals surface area contributed by atoms with Crippen molar-refractivity contribution in [3.63, 3.8) is 0 Å². The molecule has 0 radical (unpaired) electrons. The molecule has 1 fully saturated rings. The van der Waals surface area contributed by atoms with E-state index >= 15 is 0 Å². The molecule has 23 heavy (non-hydrogen) atoms. The van der Waals surface area contributed by atoms with Gasteiger partial charge in [-0.25, -0.2) is 8.78 Å². The van der Waals surface area contributed by atoms with Crippen LogP contribution >= 0.6 is 15.9 Å². The van der Waals surface area contributed by atoms with Crippen LogP contribution < -0.4 is 4.90 Å². The highest BCUT2D eigenvalue weighted by Crippen LogP contribution is 2.33. The zero-order valence-corrected chi connectivity index (χ0v) is 13.7. The van der Waals surface area contributed by atoms with Gasteiger partial charge < -0.3 is 9.64 Å². The Kier molecular flexibility index (Phi) is 4.60. The van der Waals surface area contributed by atoms with E-state index in [1.54, 1.807) is 11.0 Å². The summed E-state index contributed by atoms with van der Waals surface area (Å²) in [5, 5.41) is 8.79. The minimum absolute atomic E-state index is 0.0284. The molecule has 3 nitrogen and oxygen atoms in total. The number of nitriles is 1. The van der Waals surface area contributed by atoms with Crippen LogP contribution in [-0.4, -0.2) is 19.7 Å². The molecular formula is C17H13BrF2N2O. The van der Waals surface area contributed by atoms with Crippen LogP contribution in [0.2, 0.25) is 0 Å². The lowest BCUT2D eigenvalue weighted by molar-refractivity contribution is 0.0389. The van der Waals surface area contributed by atoms with Crippen molar-refractivity contribution < 1.29 is 13.5 Å². The van der Waals surface area contributed by atoms with Gasteiger partial charge in [0, 0.05) is 17.6 Å². The highest BCUT2D eigenvalue weighted by Gasteiger charge is 2.27. The molecule has 0 aliphatic carbocycles. The first kappa shape index (κ1) is 15.9. The molecule has 0 spiro atoms. The van der Waals surface area contributed by atoms with Gasteiger partial charge in [0.1, 0.15) is 11.8 Å². The minimum atomic E-state index is -0.727. The minimum Gasteiger partial charge on any atom is -0.370 e. The van der Waals surface area contributed by atoms with Crippen LogP contribution in [0.25, 0.3) is 0 Å². The number of ether oxygens (including phenoxy) is 1. The van der Waals surface area contributed by atoms with E-state index in [9.17, 15) is 8.78 Å². The van der Waals surface area contributed by atoms with E-state index in [2.05, 4.69) is 15.9 Å². The summed E-state index contributed by atoms with van der Waals surface area (Å²) in [7, 11) is 0. The van der Waals surface area contributed by atoms with Gasteiger partial charge in [0.2, 0.25) is 0 Å². The summed E-state index contributed by atoms with van der Waals surface area (Å²) in [4.78, 5) is 1.62. The normalized spacial score (nSPS) is 17.8. The Hall–Kier alpha value is -1.97. The summed E-state index contributed by atoms with van der Waals surface area (Å²) in [5.41, 5.74) is 0.801. The fraction of sp³-hybridized carbons (Fsp3) is 0.235. The van der Waals surface area contributed by atoms with Crippen molar-refractivity contribution in [1.82, 2.24) is 0 Å². The molecule has 1 heterocycles. The van der Waals surface area contributed by atoms with Gasteiger partial charge in [-0.2, -0.15) is 5.26 Å². The molecule has 0 amide bonds. The summed E-state index contributed by atoms with van der Waals surface area (Å²) >= 11 is 3.47. The average Bonchev–Trinajstić information content (AvgIpc) is 2.55. The Bertz CT molecular complexity index is 752. The zero-order valence-electron chi connectivity index (χ0n) is 12.1. The average molecular weight is 379 g/mol. The highest BCUT2D eigenvalue weighted by molar-refractivity contribution is 9.10. The number of halogens is 3. The molecule has 1 unspecified atom stereocenters. The Morgan fingerprint density at radius 3 is 2.57 bits per heavy atom. The first-order chi connectivity index (χ1) is 11.1. The number of nitrogens with zero attached hydrogens (tertiary/aromatic N) is 2. The van der Waals surface area contributed by atoms with Gasteiger partial charge in [0.15, 0.2) is 11.6 Å². The molecule has 1 atom stereocenters. The topological polar surface area (TPSA) is 36.3 Å². The number of hydrogen-bond acceptors (Lipinski definition) is 3. The van der Waals surface area contributed by atoms with Gasteiger partial charge >= 0.3 is 0 Å². The number of benzene rings is 2. The third-order valence-electron chi connectivity index (χ3n) is 3.78. The van der Waals surface area contributed by atoms with Crippen LogP contribution in [0.4, 0.5) is 14.5 Å². The fourth-order valence-electron chi connectivity index (χ4n) is 2.71. The molecule has 2 aromatic rings. The molecule has 0 N–H and O–H groups in total. The van der Waals surface area contributed by atoms with Crippen LogP contribution in [0.15, 0.2) is 40.9 Å². The zero-order chi connectivity index (χ0) is 16.4. The summed E-state index contributed by atoms with van der Waals surface area (Å²) in [6, 6.07) is 11.5. The maximum absolute atomic E-state index is 14.2. The molecular weight excluding hydrogens is 366 g/mol. The second kappa shape index (κ2) is 6.65. The lowest BCUT2D eigenvalue weighted by Crippen LogP contribution is -2.39. The Morgan fingerprint density at radius 2 is 1.91 bits per heavy atom. The van der Waals surface area contributed by atoms with E-state index in [1.807, 2.05) is 24.3 Å². The van der Waals surface area contributed by atoms with E-state index in [4.69, 9.17) is 10.00 Å². The van der Waals surface area contributed by atoms with E-state index in [1.165, 1.54) is 0 Å². The van der Waals surface area contributed by atoms with Crippen LogP contribution in [-0.2, 0) is 4.74 Å². The van der Waals surface area contributed by atoms with Crippen molar-refractivity contribution in [3.8, 4) is 6.07 Å². The van der Waals surface area contributed by atoms with Crippen molar-refractivity contribution in [1.29, 1.82) is 5.26 Å². The number of anilines is 1. The van der Waals surface area contributed by atoms with E-state index in [0.717, 1.165) is 22.2 Å². The molecule has 6 heteroatoms. The fourth-order valence-corrected chi connectivity index (χ4v) is 3.25. The second-order valence-corrected chi connectivity index (χ2v) is 6.08. The lowest BCUT2D eigenvalue weighted by atomic mass is 10.1. The predicted molar refractivity (Wildman–Crippen MR) is 86.1 cm³/mol.